The monoisotopic (exact) mass is 347 g/mol. The minimum Gasteiger partial charge on any atom is -0.383 e. The minimum atomic E-state index is 0.650. The summed E-state index contributed by atoms with van der Waals surface area (Å²) in [5.41, 5.74) is 1.16. The van der Waals surface area contributed by atoms with Crippen LogP contribution in [0.2, 0.25) is 5.02 Å². The van der Waals surface area contributed by atoms with Crippen LogP contribution in [0, 0.1) is 0 Å². The summed E-state index contributed by atoms with van der Waals surface area (Å²) in [6.07, 6.45) is 1.79. The van der Waals surface area contributed by atoms with Gasteiger partial charge in [-0.15, -0.1) is 0 Å². The fourth-order valence-electron chi connectivity index (χ4n) is 2.72. The van der Waals surface area contributed by atoms with Gasteiger partial charge in [0.05, 0.1) is 6.61 Å². The number of methoxy groups -OCH3 is 1. The smallest absolute Gasteiger partial charge is 0.227 e. The topological polar surface area (TPSA) is 53.5 Å². The van der Waals surface area contributed by atoms with Gasteiger partial charge in [-0.25, -0.2) is 4.98 Å². The van der Waals surface area contributed by atoms with Gasteiger partial charge in [0.1, 0.15) is 5.82 Å². The van der Waals surface area contributed by atoms with Gasteiger partial charge in [-0.1, -0.05) is 17.7 Å². The van der Waals surface area contributed by atoms with Gasteiger partial charge in [-0.2, -0.15) is 4.98 Å². The van der Waals surface area contributed by atoms with Crippen molar-refractivity contribution in [3.63, 3.8) is 0 Å². The molecule has 2 heterocycles. The number of benzene rings is 1. The molecule has 0 amide bonds. The number of hydrogen-bond donors (Lipinski definition) is 1. The van der Waals surface area contributed by atoms with E-state index in [1.807, 2.05) is 24.3 Å². The minimum absolute atomic E-state index is 0.650. The highest BCUT2D eigenvalue weighted by Crippen LogP contribution is 2.22. The van der Waals surface area contributed by atoms with E-state index < -0.39 is 0 Å². The number of piperazine rings is 1. The molecule has 1 fully saturated rings. The number of anilines is 3. The molecular weight excluding hydrogens is 326 g/mol. The van der Waals surface area contributed by atoms with E-state index in [0.717, 1.165) is 55.2 Å². The Labute approximate surface area is 147 Å². The first kappa shape index (κ1) is 16.8. The Balaban J connectivity index is 1.59. The molecule has 1 aromatic carbocycles. The molecule has 0 saturated carbocycles. The lowest BCUT2D eigenvalue weighted by Crippen LogP contribution is -2.47. The van der Waals surface area contributed by atoms with Crippen LogP contribution in [0.25, 0.3) is 0 Å². The summed E-state index contributed by atoms with van der Waals surface area (Å²) < 4.78 is 5.04. The number of nitrogens with one attached hydrogen (secondary N) is 1. The first-order valence-corrected chi connectivity index (χ1v) is 8.45. The van der Waals surface area contributed by atoms with Gasteiger partial charge in [0, 0.05) is 56.7 Å². The molecule has 7 heteroatoms. The molecule has 128 valence electrons. The van der Waals surface area contributed by atoms with Crippen molar-refractivity contribution in [3.05, 3.63) is 41.6 Å². The van der Waals surface area contributed by atoms with E-state index in [1.54, 1.807) is 13.3 Å². The number of halogens is 1. The number of aromatic nitrogens is 2. The van der Waals surface area contributed by atoms with Gasteiger partial charge in [0.2, 0.25) is 5.95 Å². The lowest BCUT2D eigenvalue weighted by Gasteiger charge is -2.36. The Morgan fingerprint density at radius 3 is 2.71 bits per heavy atom. The van der Waals surface area contributed by atoms with Crippen molar-refractivity contribution in [3.8, 4) is 0 Å². The second-order valence-corrected chi connectivity index (χ2v) is 6.05. The van der Waals surface area contributed by atoms with Crippen molar-refractivity contribution in [2.45, 2.75) is 0 Å². The highest BCUT2D eigenvalue weighted by molar-refractivity contribution is 6.30. The average Bonchev–Trinajstić information content (AvgIpc) is 2.62. The van der Waals surface area contributed by atoms with E-state index in [2.05, 4.69) is 31.2 Å². The molecule has 1 N–H and O–H groups in total. The SMILES string of the molecule is COCCNc1ccnc(N2CCN(c3cccc(Cl)c3)CC2)n1. The maximum atomic E-state index is 6.09. The summed E-state index contributed by atoms with van der Waals surface area (Å²) in [4.78, 5) is 13.5. The summed E-state index contributed by atoms with van der Waals surface area (Å²) in [5, 5.41) is 4.01. The third-order valence-electron chi connectivity index (χ3n) is 3.99. The Kier molecular flexibility index (Phi) is 5.72. The Morgan fingerprint density at radius 1 is 1.17 bits per heavy atom. The van der Waals surface area contributed by atoms with Gasteiger partial charge in [0.15, 0.2) is 0 Å². The van der Waals surface area contributed by atoms with Gasteiger partial charge in [-0.05, 0) is 24.3 Å². The Bertz CT molecular complexity index is 661. The molecule has 1 saturated heterocycles. The molecule has 0 spiro atoms. The number of hydrogen-bond acceptors (Lipinski definition) is 6. The molecule has 1 aromatic heterocycles. The first-order chi connectivity index (χ1) is 11.8. The summed E-state index contributed by atoms with van der Waals surface area (Å²) in [5.74, 6) is 1.59. The van der Waals surface area contributed by atoms with Crippen molar-refractivity contribution in [1.29, 1.82) is 0 Å². The molecule has 0 bridgehead atoms. The molecule has 2 aromatic rings. The molecule has 1 aliphatic heterocycles. The van der Waals surface area contributed by atoms with E-state index in [1.165, 1.54) is 0 Å². The Hall–Kier alpha value is -2.05. The lowest BCUT2D eigenvalue weighted by molar-refractivity contribution is 0.210. The highest BCUT2D eigenvalue weighted by Gasteiger charge is 2.19. The Morgan fingerprint density at radius 2 is 1.96 bits per heavy atom. The molecule has 6 nitrogen and oxygen atoms in total. The fourth-order valence-corrected chi connectivity index (χ4v) is 2.90. The predicted molar refractivity (Wildman–Crippen MR) is 98.3 cm³/mol. The second-order valence-electron chi connectivity index (χ2n) is 5.62. The van der Waals surface area contributed by atoms with Gasteiger partial charge in [0.25, 0.3) is 0 Å². The maximum absolute atomic E-state index is 6.09. The van der Waals surface area contributed by atoms with E-state index >= 15 is 0 Å². The molecule has 1 aliphatic rings. The van der Waals surface area contributed by atoms with Crippen molar-refractivity contribution >= 4 is 29.1 Å². The van der Waals surface area contributed by atoms with Crippen molar-refractivity contribution < 1.29 is 4.74 Å². The maximum Gasteiger partial charge on any atom is 0.227 e. The van der Waals surface area contributed by atoms with Crippen LogP contribution < -0.4 is 15.1 Å². The molecule has 0 unspecified atom stereocenters. The molecule has 0 atom stereocenters. The van der Waals surface area contributed by atoms with Crippen LogP contribution in [0.15, 0.2) is 36.5 Å². The molecule has 3 rings (SSSR count). The van der Waals surface area contributed by atoms with Crippen molar-refractivity contribution in [2.24, 2.45) is 0 Å². The van der Waals surface area contributed by atoms with E-state index in [9.17, 15) is 0 Å². The largest absolute Gasteiger partial charge is 0.383 e. The standard InChI is InChI=1S/C17H22ClN5O/c1-24-12-7-19-16-5-6-20-17(21-16)23-10-8-22(9-11-23)15-4-2-3-14(18)13-15/h2-6,13H,7-12H2,1H3,(H,19,20,21). The normalized spacial score (nSPS) is 14.8. The van der Waals surface area contributed by atoms with Crippen LogP contribution in [0.5, 0.6) is 0 Å². The average molecular weight is 348 g/mol. The fraction of sp³-hybridized carbons (Fsp3) is 0.412. The first-order valence-electron chi connectivity index (χ1n) is 8.07. The summed E-state index contributed by atoms with van der Waals surface area (Å²) in [7, 11) is 1.69. The van der Waals surface area contributed by atoms with Gasteiger partial charge >= 0.3 is 0 Å². The highest BCUT2D eigenvalue weighted by atomic mass is 35.5. The van der Waals surface area contributed by atoms with E-state index in [0.29, 0.717) is 6.61 Å². The van der Waals surface area contributed by atoms with Crippen LogP contribution in [0.1, 0.15) is 0 Å². The number of ether oxygens (including phenoxy) is 1. The third kappa shape index (κ3) is 4.27. The van der Waals surface area contributed by atoms with Crippen LogP contribution in [0.3, 0.4) is 0 Å². The van der Waals surface area contributed by atoms with Crippen LogP contribution in [-0.4, -0.2) is 56.4 Å². The van der Waals surface area contributed by atoms with Crippen LogP contribution >= 0.6 is 11.6 Å². The van der Waals surface area contributed by atoms with Gasteiger partial charge < -0.3 is 19.9 Å². The molecule has 0 radical (unpaired) electrons. The van der Waals surface area contributed by atoms with E-state index in [-0.39, 0.29) is 0 Å². The summed E-state index contributed by atoms with van der Waals surface area (Å²) in [6.45, 7) is 4.99. The zero-order chi connectivity index (χ0) is 16.8. The van der Waals surface area contributed by atoms with Crippen LogP contribution in [-0.2, 0) is 4.74 Å². The summed E-state index contributed by atoms with van der Waals surface area (Å²) in [6, 6.07) is 9.87. The summed E-state index contributed by atoms with van der Waals surface area (Å²) >= 11 is 6.09. The third-order valence-corrected chi connectivity index (χ3v) is 4.23. The quantitative estimate of drug-likeness (QED) is 0.810. The van der Waals surface area contributed by atoms with Gasteiger partial charge in [-0.3, -0.25) is 0 Å². The van der Waals surface area contributed by atoms with E-state index in [4.69, 9.17) is 16.3 Å². The zero-order valence-corrected chi connectivity index (χ0v) is 14.5. The lowest BCUT2D eigenvalue weighted by atomic mass is 10.2. The molecule has 0 aliphatic carbocycles. The number of rotatable bonds is 6. The molecule has 24 heavy (non-hydrogen) atoms. The van der Waals surface area contributed by atoms with Crippen molar-refractivity contribution in [1.82, 2.24) is 9.97 Å². The molecular formula is C17H22ClN5O. The van der Waals surface area contributed by atoms with Crippen molar-refractivity contribution in [2.75, 3.05) is 61.6 Å². The van der Waals surface area contributed by atoms with Crippen LogP contribution in [0.4, 0.5) is 17.5 Å². The second kappa shape index (κ2) is 8.17. The number of nitrogens with zero attached hydrogens (tertiary/aromatic N) is 4. The predicted octanol–water partition coefficient (Wildman–Crippen LogP) is 2.51. The zero-order valence-electron chi connectivity index (χ0n) is 13.8.